The second kappa shape index (κ2) is 20.2. The van der Waals surface area contributed by atoms with Crippen LogP contribution in [0.15, 0.2) is 79.0 Å². The maximum Gasteiger partial charge on any atom is 0.267 e. The molecule has 3 aromatic carbocycles. The molecule has 3 aliphatic rings. The lowest BCUT2D eigenvalue weighted by Gasteiger charge is -2.43. The van der Waals surface area contributed by atoms with E-state index in [1.54, 1.807) is 24.3 Å². The zero-order valence-corrected chi connectivity index (χ0v) is 36.8. The Balaban J connectivity index is 1.01. The number of nitrogens with one attached hydrogen (secondary N) is 4. The highest BCUT2D eigenvalue weighted by Gasteiger charge is 2.45. The molecule has 14 nitrogen and oxygen atoms in total. The lowest BCUT2D eigenvalue weighted by atomic mass is 9.93. The van der Waals surface area contributed by atoms with Crippen LogP contribution >= 0.6 is 0 Å². The van der Waals surface area contributed by atoms with E-state index < -0.39 is 41.6 Å². The largest absolute Gasteiger partial charge is 0.384 e. The number of rotatable bonds is 20. The zero-order chi connectivity index (χ0) is 44.6. The minimum absolute atomic E-state index is 0.0604. The molecule has 63 heavy (non-hydrogen) atoms. The van der Waals surface area contributed by atoms with Crippen molar-refractivity contribution < 1.29 is 38.3 Å². The molecule has 0 bridgehead atoms. The molecule has 4 aromatic rings. The summed E-state index contributed by atoms with van der Waals surface area (Å²) >= 11 is 0. The van der Waals surface area contributed by atoms with E-state index in [-0.39, 0.29) is 35.4 Å². The van der Waals surface area contributed by atoms with Gasteiger partial charge in [0.1, 0.15) is 6.04 Å². The molecule has 2 saturated heterocycles. The van der Waals surface area contributed by atoms with Crippen LogP contribution in [-0.4, -0.2) is 94.1 Å². The van der Waals surface area contributed by atoms with Gasteiger partial charge in [0.05, 0.1) is 23.3 Å². The van der Waals surface area contributed by atoms with Gasteiger partial charge in [-0.25, -0.2) is 10.3 Å². The molecule has 0 saturated carbocycles. The molecule has 7 rings (SSSR count). The van der Waals surface area contributed by atoms with Crippen molar-refractivity contribution in [3.8, 4) is 0 Å². The first-order valence-electron chi connectivity index (χ1n) is 22.3. The predicted octanol–water partition coefficient (Wildman–Crippen LogP) is 7.06. The van der Waals surface area contributed by atoms with Crippen molar-refractivity contribution in [2.24, 2.45) is 0 Å². The molecule has 14 heteroatoms. The van der Waals surface area contributed by atoms with E-state index in [4.69, 9.17) is 14.3 Å². The molecule has 334 valence electrons. The highest BCUT2D eigenvalue weighted by molar-refractivity contribution is 6.25. The summed E-state index contributed by atoms with van der Waals surface area (Å²) in [5.41, 5.74) is 7.00. The third-order valence-electron chi connectivity index (χ3n) is 13.0. The summed E-state index contributed by atoms with van der Waals surface area (Å²) in [5.74, 6) is -2.48. The second-order valence-electron chi connectivity index (χ2n) is 17.3. The topological polar surface area (TPSA) is 171 Å². The van der Waals surface area contributed by atoms with E-state index in [0.717, 1.165) is 66.6 Å². The number of aromatic nitrogens is 1. The van der Waals surface area contributed by atoms with Gasteiger partial charge < -0.3 is 19.8 Å². The van der Waals surface area contributed by atoms with E-state index >= 15 is 0 Å². The van der Waals surface area contributed by atoms with Crippen molar-refractivity contribution in [2.45, 2.75) is 115 Å². The highest BCUT2D eigenvalue weighted by atomic mass is 16.8. The number of amides is 5. The van der Waals surface area contributed by atoms with Gasteiger partial charge in [0, 0.05) is 73.5 Å². The Hall–Kier alpha value is -5.67. The van der Waals surface area contributed by atoms with Crippen LogP contribution in [0, 0.1) is 0 Å². The first-order valence-corrected chi connectivity index (χ1v) is 22.3. The molecule has 3 aliphatic heterocycles. The molecule has 0 radical (unpaired) electrons. The van der Waals surface area contributed by atoms with Crippen molar-refractivity contribution in [3.63, 3.8) is 0 Å². The predicted molar refractivity (Wildman–Crippen MR) is 240 cm³/mol. The number of benzene rings is 3. The maximum absolute atomic E-state index is 13.7. The number of nitrogens with zero attached hydrogens (tertiary/aromatic N) is 2. The van der Waals surface area contributed by atoms with Gasteiger partial charge in [-0.2, -0.15) is 0 Å². The molecule has 4 N–H and O–H groups in total. The van der Waals surface area contributed by atoms with Gasteiger partial charge in [0.2, 0.25) is 11.8 Å². The van der Waals surface area contributed by atoms with Crippen LogP contribution in [-0.2, 0) is 41.7 Å². The van der Waals surface area contributed by atoms with Gasteiger partial charge in [-0.05, 0) is 99.8 Å². The molecular weight excluding hydrogens is 801 g/mol. The summed E-state index contributed by atoms with van der Waals surface area (Å²) in [4.78, 5) is 76.3. The Kier molecular flexibility index (Phi) is 14.6. The number of hydroxylamine groups is 1. The van der Waals surface area contributed by atoms with Crippen LogP contribution in [0.1, 0.15) is 116 Å². The van der Waals surface area contributed by atoms with Crippen LogP contribution in [0.2, 0.25) is 0 Å². The van der Waals surface area contributed by atoms with Crippen molar-refractivity contribution in [2.75, 3.05) is 31.6 Å². The van der Waals surface area contributed by atoms with Gasteiger partial charge in [-0.15, -0.1) is 0 Å². The number of fused-ring (bicyclic) bond motifs is 2. The molecule has 2 fully saturated rings. The molecule has 4 heterocycles. The normalized spacial score (nSPS) is 19.9. The van der Waals surface area contributed by atoms with E-state index in [0.29, 0.717) is 38.4 Å². The minimum Gasteiger partial charge on any atom is -0.384 e. The van der Waals surface area contributed by atoms with Crippen molar-refractivity contribution >= 4 is 52.2 Å². The van der Waals surface area contributed by atoms with E-state index in [1.165, 1.54) is 17.0 Å². The SMILES string of the molecule is CCC(C)(CCNc1cccc2c1C(=O)N(C1CCC(=O)NC1=O)C2=O)OCC(C)(CC)N(CCc1c[nH]c2ccccc12)Cc1ccc(/C=C/C(=O)NOC2CCCCO2)cc1. The van der Waals surface area contributed by atoms with Crippen LogP contribution in [0.3, 0.4) is 0 Å². The second-order valence-corrected chi connectivity index (χ2v) is 17.3. The van der Waals surface area contributed by atoms with Crippen LogP contribution in [0.25, 0.3) is 17.0 Å². The number of hydrogen-bond acceptors (Lipinski definition) is 10. The number of hydrogen-bond donors (Lipinski definition) is 4. The van der Waals surface area contributed by atoms with Crippen molar-refractivity contribution in [3.05, 3.63) is 107 Å². The van der Waals surface area contributed by atoms with Gasteiger partial charge in [0.25, 0.3) is 17.7 Å². The number of piperidine rings is 1. The van der Waals surface area contributed by atoms with E-state index in [1.807, 2.05) is 18.2 Å². The Morgan fingerprint density at radius 1 is 0.968 bits per heavy atom. The zero-order valence-electron chi connectivity index (χ0n) is 36.8. The van der Waals surface area contributed by atoms with Crippen molar-refractivity contribution in [1.29, 1.82) is 0 Å². The third-order valence-corrected chi connectivity index (χ3v) is 13.0. The fraction of sp³-hybridized carbons (Fsp3) is 0.449. The summed E-state index contributed by atoms with van der Waals surface area (Å²) in [6.45, 7) is 11.7. The minimum atomic E-state index is -1.03. The number of carbonyl (C=O) groups is 5. The highest BCUT2D eigenvalue weighted by Crippen LogP contribution is 2.34. The van der Waals surface area contributed by atoms with E-state index in [9.17, 15) is 24.0 Å². The summed E-state index contributed by atoms with van der Waals surface area (Å²) in [5, 5.41) is 6.87. The van der Waals surface area contributed by atoms with Crippen LogP contribution < -0.4 is 16.1 Å². The molecule has 4 atom stereocenters. The Morgan fingerprint density at radius 3 is 2.52 bits per heavy atom. The molecule has 4 unspecified atom stereocenters. The molecule has 0 spiro atoms. The van der Waals surface area contributed by atoms with Gasteiger partial charge in [-0.3, -0.25) is 39.1 Å². The first kappa shape index (κ1) is 45.4. The third kappa shape index (κ3) is 10.8. The molecule has 1 aromatic heterocycles. The fourth-order valence-corrected chi connectivity index (χ4v) is 8.44. The maximum atomic E-state index is 13.7. The smallest absolute Gasteiger partial charge is 0.267 e. The number of anilines is 1. The standard InChI is InChI=1S/C49H60N6O8/c1-5-48(3,32-62-49(4,6-2)26-27-50-39-15-11-13-37-44(39)47(60)55(46(37)59)40-22-24-41(56)52-45(40)58)54(28-25-35-30-51-38-14-8-7-12-36(35)38)31-34-19-17-33(18-20-34)21-23-42(57)53-63-43-16-9-10-29-61-43/h7-8,11-15,17-21,23,30,40,43,50-51H,5-6,9-10,16,22,24-29,31-32H2,1-4H3,(H,53,57)(H,52,56,58)/b23-21+. The first-order chi connectivity index (χ1) is 30.4. The Labute approximate surface area is 369 Å². The quantitative estimate of drug-likeness (QED) is 0.0410. The van der Waals surface area contributed by atoms with Gasteiger partial charge in [-0.1, -0.05) is 62.4 Å². The summed E-state index contributed by atoms with van der Waals surface area (Å²) < 4.78 is 12.4. The number of imide groups is 2. The number of para-hydroxylation sites is 1. The summed E-state index contributed by atoms with van der Waals surface area (Å²) in [6, 6.07) is 20.6. The number of H-pyrrole nitrogens is 1. The van der Waals surface area contributed by atoms with Crippen LogP contribution in [0.4, 0.5) is 5.69 Å². The average molecular weight is 861 g/mol. The lowest BCUT2D eigenvalue weighted by Crippen LogP contribution is -2.54. The summed E-state index contributed by atoms with van der Waals surface area (Å²) in [6.07, 6.45) is 10.9. The van der Waals surface area contributed by atoms with Crippen LogP contribution in [0.5, 0.6) is 0 Å². The lowest BCUT2D eigenvalue weighted by molar-refractivity contribution is -0.198. The summed E-state index contributed by atoms with van der Waals surface area (Å²) in [7, 11) is 0. The number of carbonyl (C=O) groups excluding carboxylic acids is 5. The monoisotopic (exact) mass is 860 g/mol. The number of aromatic amines is 1. The Morgan fingerprint density at radius 2 is 1.78 bits per heavy atom. The average Bonchev–Trinajstić information content (AvgIpc) is 3.83. The molecule has 5 amide bonds. The molecular formula is C49H60N6O8. The Bertz CT molecular complexity index is 2320. The number of ether oxygens (including phenoxy) is 2. The van der Waals surface area contributed by atoms with E-state index in [2.05, 4.69) is 90.2 Å². The molecule has 0 aliphatic carbocycles. The van der Waals surface area contributed by atoms with Crippen molar-refractivity contribution in [1.82, 2.24) is 25.6 Å². The van der Waals surface area contributed by atoms with Gasteiger partial charge >= 0.3 is 0 Å². The fourth-order valence-electron chi connectivity index (χ4n) is 8.44. The van der Waals surface area contributed by atoms with Gasteiger partial charge in [0.15, 0.2) is 6.29 Å².